The quantitative estimate of drug-likeness (QED) is 0.267. The van der Waals surface area contributed by atoms with E-state index in [1.165, 1.54) is 0 Å². The lowest BCUT2D eigenvalue weighted by Gasteiger charge is -2.33. The Kier molecular flexibility index (Phi) is 5.36. The highest BCUT2D eigenvalue weighted by atomic mass is 16.4. The molecule has 1 saturated heterocycles. The zero-order chi connectivity index (χ0) is 13.7. The number of oxime groups is 1. The molecule has 0 aliphatic carbocycles. The Morgan fingerprint density at radius 1 is 1.33 bits per heavy atom. The number of rotatable bonds is 4. The molecule has 1 aliphatic rings. The van der Waals surface area contributed by atoms with E-state index in [1.54, 1.807) is 0 Å². The predicted octanol–water partition coefficient (Wildman–Crippen LogP) is -0.716. The van der Waals surface area contributed by atoms with Gasteiger partial charge in [-0.05, 0) is 13.0 Å². The molecule has 0 aromatic heterocycles. The lowest BCUT2D eigenvalue weighted by molar-refractivity contribution is -0.129. The van der Waals surface area contributed by atoms with Crippen LogP contribution in [-0.4, -0.2) is 60.1 Å². The fourth-order valence-corrected chi connectivity index (χ4v) is 1.98. The molecular formula is C11H23N5O2. The summed E-state index contributed by atoms with van der Waals surface area (Å²) in [5, 5.41) is 13.5. The number of hydrogen-bond acceptors (Lipinski definition) is 5. The van der Waals surface area contributed by atoms with Gasteiger partial charge in [-0.1, -0.05) is 19.0 Å². The Morgan fingerprint density at radius 2 is 1.89 bits per heavy atom. The highest BCUT2D eigenvalue weighted by Crippen LogP contribution is 2.11. The van der Waals surface area contributed by atoms with Crippen molar-refractivity contribution in [3.63, 3.8) is 0 Å². The molecule has 7 nitrogen and oxygen atoms in total. The minimum Gasteiger partial charge on any atom is -0.409 e. The van der Waals surface area contributed by atoms with E-state index in [9.17, 15) is 4.79 Å². The van der Waals surface area contributed by atoms with Crippen LogP contribution >= 0.6 is 0 Å². The molecule has 18 heavy (non-hydrogen) atoms. The molecule has 104 valence electrons. The monoisotopic (exact) mass is 257 g/mol. The van der Waals surface area contributed by atoms with Crippen LogP contribution in [0.2, 0.25) is 0 Å². The third-order valence-corrected chi connectivity index (χ3v) is 3.15. The molecule has 7 heteroatoms. The van der Waals surface area contributed by atoms with Gasteiger partial charge in [0.2, 0.25) is 5.91 Å². The highest BCUT2D eigenvalue weighted by Gasteiger charge is 2.28. The van der Waals surface area contributed by atoms with Gasteiger partial charge in [-0.3, -0.25) is 10.2 Å². The summed E-state index contributed by atoms with van der Waals surface area (Å²) < 4.78 is 0. The summed E-state index contributed by atoms with van der Waals surface area (Å²) in [6.07, 6.45) is 0. The van der Waals surface area contributed by atoms with E-state index in [-0.39, 0.29) is 17.7 Å². The van der Waals surface area contributed by atoms with E-state index in [0.29, 0.717) is 0 Å². The molecule has 0 bridgehead atoms. The standard InChI is InChI=1S/C11H23N5O2/c1-8(2)9(10(12)14-18)11(17)13-16-6-4-15(3)5-7-16/h8-9,18H,4-7H2,1-3H3,(H2,12,14)(H,13,17). The maximum atomic E-state index is 12.1. The molecule has 0 aromatic rings. The van der Waals surface area contributed by atoms with Crippen LogP contribution in [0.15, 0.2) is 5.16 Å². The number of nitrogens with zero attached hydrogens (tertiary/aromatic N) is 3. The molecule has 0 spiro atoms. The first-order chi connectivity index (χ1) is 8.45. The second kappa shape index (κ2) is 6.55. The van der Waals surface area contributed by atoms with Crippen LogP contribution in [0.3, 0.4) is 0 Å². The van der Waals surface area contributed by atoms with Crippen molar-refractivity contribution in [3.05, 3.63) is 0 Å². The number of piperazine rings is 1. The first-order valence-corrected chi connectivity index (χ1v) is 6.17. The van der Waals surface area contributed by atoms with Crippen LogP contribution in [0.4, 0.5) is 0 Å². The van der Waals surface area contributed by atoms with Gasteiger partial charge in [-0.25, -0.2) is 5.01 Å². The predicted molar refractivity (Wildman–Crippen MR) is 68.9 cm³/mol. The van der Waals surface area contributed by atoms with Crippen LogP contribution in [0.5, 0.6) is 0 Å². The van der Waals surface area contributed by atoms with Gasteiger partial charge in [0.15, 0.2) is 5.84 Å². The van der Waals surface area contributed by atoms with Gasteiger partial charge < -0.3 is 15.8 Å². The summed E-state index contributed by atoms with van der Waals surface area (Å²) in [6.45, 7) is 7.12. The van der Waals surface area contributed by atoms with E-state index in [0.717, 1.165) is 26.2 Å². The van der Waals surface area contributed by atoms with E-state index in [1.807, 2.05) is 25.9 Å². The third-order valence-electron chi connectivity index (χ3n) is 3.15. The van der Waals surface area contributed by atoms with Crippen molar-refractivity contribution in [2.45, 2.75) is 13.8 Å². The number of hydrazine groups is 1. The summed E-state index contributed by atoms with van der Waals surface area (Å²) in [5.74, 6) is -0.885. The minimum atomic E-state index is -0.602. The van der Waals surface area contributed by atoms with Crippen molar-refractivity contribution in [2.24, 2.45) is 22.7 Å². The smallest absolute Gasteiger partial charge is 0.245 e. The van der Waals surface area contributed by atoms with Crippen LogP contribution in [0.25, 0.3) is 0 Å². The number of carbonyl (C=O) groups excluding carboxylic acids is 1. The van der Waals surface area contributed by atoms with Gasteiger partial charge in [-0.2, -0.15) is 0 Å². The van der Waals surface area contributed by atoms with Crippen molar-refractivity contribution in [1.29, 1.82) is 0 Å². The van der Waals surface area contributed by atoms with E-state index in [4.69, 9.17) is 10.9 Å². The Labute approximate surface area is 108 Å². The molecule has 1 atom stereocenters. The molecule has 1 unspecified atom stereocenters. The summed E-state index contributed by atoms with van der Waals surface area (Å²) >= 11 is 0. The van der Waals surface area contributed by atoms with Gasteiger partial charge in [0.1, 0.15) is 5.92 Å². The number of likely N-dealkylation sites (N-methyl/N-ethyl adjacent to an activating group) is 1. The first-order valence-electron chi connectivity index (χ1n) is 6.17. The normalized spacial score (nSPS) is 21.0. The van der Waals surface area contributed by atoms with Crippen LogP contribution < -0.4 is 11.2 Å². The minimum absolute atomic E-state index is 0.0200. The average molecular weight is 257 g/mol. The SMILES string of the molecule is CC(C)C(C(=O)NN1CCN(C)CC1)C(N)=NO. The van der Waals surface area contributed by atoms with Gasteiger partial charge in [-0.15, -0.1) is 0 Å². The topological polar surface area (TPSA) is 94.2 Å². The van der Waals surface area contributed by atoms with E-state index < -0.39 is 5.92 Å². The largest absolute Gasteiger partial charge is 0.409 e. The van der Waals surface area contributed by atoms with Crippen molar-refractivity contribution in [1.82, 2.24) is 15.3 Å². The van der Waals surface area contributed by atoms with Crippen LogP contribution in [0, 0.1) is 11.8 Å². The number of nitrogens with two attached hydrogens (primary N) is 1. The van der Waals surface area contributed by atoms with Gasteiger partial charge in [0.05, 0.1) is 0 Å². The molecule has 1 heterocycles. The summed E-state index contributed by atoms with van der Waals surface area (Å²) in [6, 6.07) is 0. The van der Waals surface area contributed by atoms with Crippen LogP contribution in [0.1, 0.15) is 13.8 Å². The van der Waals surface area contributed by atoms with E-state index in [2.05, 4.69) is 15.5 Å². The Bertz CT molecular complexity index is 311. The molecular weight excluding hydrogens is 234 g/mol. The average Bonchev–Trinajstić information content (AvgIpc) is 2.31. The van der Waals surface area contributed by atoms with Crippen molar-refractivity contribution in [2.75, 3.05) is 33.2 Å². The number of carbonyl (C=O) groups is 1. The maximum absolute atomic E-state index is 12.1. The summed E-state index contributed by atoms with van der Waals surface area (Å²) in [7, 11) is 2.05. The second-order valence-corrected chi connectivity index (χ2v) is 5.01. The van der Waals surface area contributed by atoms with Crippen molar-refractivity contribution in [3.8, 4) is 0 Å². The number of amidine groups is 1. The zero-order valence-electron chi connectivity index (χ0n) is 11.3. The number of amides is 1. The fraction of sp³-hybridized carbons (Fsp3) is 0.818. The fourth-order valence-electron chi connectivity index (χ4n) is 1.98. The molecule has 1 amide bonds. The summed E-state index contributed by atoms with van der Waals surface area (Å²) in [4.78, 5) is 14.3. The van der Waals surface area contributed by atoms with E-state index >= 15 is 0 Å². The lowest BCUT2D eigenvalue weighted by Crippen LogP contribution is -2.55. The zero-order valence-corrected chi connectivity index (χ0v) is 11.3. The molecule has 1 rings (SSSR count). The Hall–Kier alpha value is -1.34. The Balaban J connectivity index is 2.57. The van der Waals surface area contributed by atoms with Crippen LogP contribution in [-0.2, 0) is 4.79 Å². The second-order valence-electron chi connectivity index (χ2n) is 5.01. The van der Waals surface area contributed by atoms with Gasteiger partial charge in [0.25, 0.3) is 0 Å². The lowest BCUT2D eigenvalue weighted by atomic mass is 9.94. The highest BCUT2D eigenvalue weighted by molar-refractivity contribution is 6.02. The number of nitrogens with one attached hydrogen (secondary N) is 1. The van der Waals surface area contributed by atoms with Gasteiger partial charge >= 0.3 is 0 Å². The number of hydrogen-bond donors (Lipinski definition) is 3. The molecule has 0 aromatic carbocycles. The molecule has 0 saturated carbocycles. The first kappa shape index (κ1) is 14.7. The molecule has 0 radical (unpaired) electrons. The third kappa shape index (κ3) is 3.85. The van der Waals surface area contributed by atoms with Crippen molar-refractivity contribution >= 4 is 11.7 Å². The molecule has 4 N–H and O–H groups in total. The van der Waals surface area contributed by atoms with Gasteiger partial charge in [0, 0.05) is 26.2 Å². The maximum Gasteiger partial charge on any atom is 0.245 e. The summed E-state index contributed by atoms with van der Waals surface area (Å²) in [5.41, 5.74) is 8.39. The van der Waals surface area contributed by atoms with Crippen molar-refractivity contribution < 1.29 is 10.0 Å². The Morgan fingerprint density at radius 3 is 2.33 bits per heavy atom. The molecule has 1 aliphatic heterocycles. The molecule has 1 fully saturated rings.